The van der Waals surface area contributed by atoms with Gasteiger partial charge in [-0.1, -0.05) is 6.07 Å². The van der Waals surface area contributed by atoms with Crippen molar-refractivity contribution in [3.8, 4) is 0 Å². The van der Waals surface area contributed by atoms with Crippen LogP contribution in [0.3, 0.4) is 0 Å². The molecule has 1 aliphatic heterocycles. The SMILES string of the molecule is O=S(=O)(Nc1ccc2c(c1)B(O)OC2)C1CC1. The summed E-state index contributed by atoms with van der Waals surface area (Å²) in [6.07, 6.45) is 1.46. The smallest absolute Gasteiger partial charge is 0.423 e. The van der Waals surface area contributed by atoms with Crippen LogP contribution in [0.25, 0.3) is 0 Å². The van der Waals surface area contributed by atoms with Crippen LogP contribution in [-0.2, 0) is 21.3 Å². The number of anilines is 1. The van der Waals surface area contributed by atoms with E-state index in [1.54, 1.807) is 18.2 Å². The van der Waals surface area contributed by atoms with Crippen molar-refractivity contribution >= 4 is 28.3 Å². The quantitative estimate of drug-likeness (QED) is 0.732. The zero-order valence-corrected chi connectivity index (χ0v) is 9.90. The zero-order valence-electron chi connectivity index (χ0n) is 9.09. The van der Waals surface area contributed by atoms with Gasteiger partial charge in [0.1, 0.15) is 0 Å². The minimum absolute atomic E-state index is 0.253. The molecule has 17 heavy (non-hydrogen) atoms. The van der Waals surface area contributed by atoms with E-state index in [9.17, 15) is 13.4 Å². The molecule has 1 heterocycles. The average Bonchev–Trinajstić information content (AvgIpc) is 3.06. The normalized spacial score (nSPS) is 19.2. The van der Waals surface area contributed by atoms with Crippen LogP contribution < -0.4 is 10.2 Å². The molecule has 1 aromatic rings. The summed E-state index contributed by atoms with van der Waals surface area (Å²) in [6, 6.07) is 5.10. The second kappa shape index (κ2) is 3.73. The largest absolute Gasteiger partial charge is 0.491 e. The van der Waals surface area contributed by atoms with Crippen LogP contribution >= 0.6 is 0 Å². The Labute approximate surface area is 100.0 Å². The standard InChI is InChI=1S/C10H12BNO4S/c13-11-10-5-8(2-1-7(10)6-16-11)12-17(14,15)9-3-4-9/h1-2,5,9,12-13H,3-4,6H2. The van der Waals surface area contributed by atoms with Gasteiger partial charge < -0.3 is 9.68 Å². The van der Waals surface area contributed by atoms with E-state index in [0.717, 1.165) is 18.4 Å². The molecular weight excluding hydrogens is 241 g/mol. The molecule has 0 radical (unpaired) electrons. The summed E-state index contributed by atoms with van der Waals surface area (Å²) in [5, 5.41) is 9.27. The summed E-state index contributed by atoms with van der Waals surface area (Å²) >= 11 is 0. The zero-order chi connectivity index (χ0) is 12.0. The van der Waals surface area contributed by atoms with Crippen LogP contribution in [0.4, 0.5) is 5.69 Å². The van der Waals surface area contributed by atoms with Gasteiger partial charge in [-0.2, -0.15) is 0 Å². The molecule has 0 bridgehead atoms. The maximum atomic E-state index is 11.7. The Kier molecular flexibility index (Phi) is 2.43. The van der Waals surface area contributed by atoms with Crippen LogP contribution in [0.5, 0.6) is 0 Å². The van der Waals surface area contributed by atoms with Gasteiger partial charge in [0.05, 0.1) is 11.9 Å². The molecule has 1 aliphatic carbocycles. The van der Waals surface area contributed by atoms with Crippen molar-refractivity contribution in [2.45, 2.75) is 24.7 Å². The molecule has 1 aromatic carbocycles. The van der Waals surface area contributed by atoms with Gasteiger partial charge in [-0.05, 0) is 36.0 Å². The Morgan fingerprint density at radius 3 is 2.88 bits per heavy atom. The molecule has 0 aromatic heterocycles. The van der Waals surface area contributed by atoms with Crippen molar-refractivity contribution in [1.29, 1.82) is 0 Å². The summed E-state index contributed by atoms with van der Waals surface area (Å²) in [6.45, 7) is 0.367. The summed E-state index contributed by atoms with van der Waals surface area (Å²) in [4.78, 5) is 0. The van der Waals surface area contributed by atoms with Gasteiger partial charge in [-0.15, -0.1) is 0 Å². The topological polar surface area (TPSA) is 75.6 Å². The van der Waals surface area contributed by atoms with Crippen LogP contribution in [0, 0.1) is 0 Å². The lowest BCUT2D eigenvalue weighted by Crippen LogP contribution is -2.28. The van der Waals surface area contributed by atoms with E-state index in [2.05, 4.69) is 4.72 Å². The monoisotopic (exact) mass is 253 g/mol. The van der Waals surface area contributed by atoms with E-state index in [0.29, 0.717) is 17.8 Å². The van der Waals surface area contributed by atoms with Crippen LogP contribution in [0.1, 0.15) is 18.4 Å². The van der Waals surface area contributed by atoms with Crippen molar-refractivity contribution in [3.05, 3.63) is 23.8 Å². The Bertz CT molecular complexity index is 555. The van der Waals surface area contributed by atoms with E-state index in [4.69, 9.17) is 4.65 Å². The van der Waals surface area contributed by atoms with E-state index in [1.165, 1.54) is 0 Å². The molecule has 0 spiro atoms. The fraction of sp³-hybridized carbons (Fsp3) is 0.400. The third-order valence-electron chi connectivity index (χ3n) is 3.03. The number of sulfonamides is 1. The predicted octanol–water partition coefficient (Wildman–Crippen LogP) is -0.192. The first-order valence-corrected chi connectivity index (χ1v) is 7.05. The maximum absolute atomic E-state index is 11.7. The first kappa shape index (κ1) is 11.1. The van der Waals surface area contributed by atoms with Gasteiger partial charge >= 0.3 is 7.12 Å². The number of nitrogens with one attached hydrogen (secondary N) is 1. The molecule has 0 unspecified atom stereocenters. The third kappa shape index (κ3) is 2.05. The van der Waals surface area contributed by atoms with Gasteiger partial charge in [-0.25, -0.2) is 8.42 Å². The lowest BCUT2D eigenvalue weighted by atomic mass is 9.79. The first-order chi connectivity index (χ1) is 8.06. The Morgan fingerprint density at radius 1 is 1.41 bits per heavy atom. The van der Waals surface area contributed by atoms with E-state index >= 15 is 0 Å². The second-order valence-corrected chi connectivity index (χ2v) is 6.38. The molecule has 3 rings (SSSR count). The van der Waals surface area contributed by atoms with Gasteiger partial charge in [0.25, 0.3) is 0 Å². The number of rotatable bonds is 3. The predicted molar refractivity (Wildman–Crippen MR) is 64.4 cm³/mol. The second-order valence-electron chi connectivity index (χ2n) is 4.42. The average molecular weight is 253 g/mol. The Hall–Kier alpha value is -1.05. The van der Waals surface area contributed by atoms with Gasteiger partial charge in [0.15, 0.2) is 0 Å². The molecule has 1 saturated carbocycles. The van der Waals surface area contributed by atoms with E-state index in [-0.39, 0.29) is 5.25 Å². The molecule has 1 fully saturated rings. The van der Waals surface area contributed by atoms with Crippen molar-refractivity contribution in [1.82, 2.24) is 0 Å². The number of hydrogen-bond acceptors (Lipinski definition) is 4. The molecule has 2 N–H and O–H groups in total. The molecule has 0 saturated heterocycles. The first-order valence-electron chi connectivity index (χ1n) is 5.50. The van der Waals surface area contributed by atoms with Crippen LogP contribution in [0.15, 0.2) is 18.2 Å². The summed E-state index contributed by atoms with van der Waals surface area (Å²) in [5.41, 5.74) is 2.02. The highest BCUT2D eigenvalue weighted by Crippen LogP contribution is 2.29. The van der Waals surface area contributed by atoms with E-state index < -0.39 is 17.1 Å². The third-order valence-corrected chi connectivity index (χ3v) is 4.90. The van der Waals surface area contributed by atoms with Crippen LogP contribution in [0.2, 0.25) is 0 Å². The molecule has 0 amide bonds. The number of hydrogen-bond donors (Lipinski definition) is 2. The van der Waals surface area contributed by atoms with Crippen molar-refractivity contribution in [2.24, 2.45) is 0 Å². The minimum Gasteiger partial charge on any atom is -0.423 e. The molecule has 0 atom stereocenters. The molecular formula is C10H12BNO4S. The van der Waals surface area contributed by atoms with Gasteiger partial charge in [0.2, 0.25) is 10.0 Å². The fourth-order valence-corrected chi connectivity index (χ4v) is 3.28. The molecule has 90 valence electrons. The van der Waals surface area contributed by atoms with Crippen molar-refractivity contribution in [3.63, 3.8) is 0 Å². The van der Waals surface area contributed by atoms with Gasteiger partial charge in [-0.3, -0.25) is 4.72 Å². The minimum atomic E-state index is -3.25. The summed E-state index contributed by atoms with van der Waals surface area (Å²) in [7, 11) is -4.20. The Morgan fingerprint density at radius 2 is 2.18 bits per heavy atom. The van der Waals surface area contributed by atoms with Crippen molar-refractivity contribution < 1.29 is 18.1 Å². The highest BCUT2D eigenvalue weighted by atomic mass is 32.2. The van der Waals surface area contributed by atoms with Gasteiger partial charge in [0, 0.05) is 5.69 Å². The summed E-state index contributed by atoms with van der Waals surface area (Å²) < 4.78 is 31.1. The highest BCUT2D eigenvalue weighted by Gasteiger charge is 2.36. The molecule has 7 heteroatoms. The molecule has 2 aliphatic rings. The molecule has 5 nitrogen and oxygen atoms in total. The van der Waals surface area contributed by atoms with E-state index in [1.807, 2.05) is 0 Å². The number of fused-ring (bicyclic) bond motifs is 1. The maximum Gasteiger partial charge on any atom is 0.491 e. The Balaban J connectivity index is 1.87. The van der Waals surface area contributed by atoms with Crippen molar-refractivity contribution in [2.75, 3.05) is 4.72 Å². The lowest BCUT2D eigenvalue weighted by Gasteiger charge is -2.08. The number of benzene rings is 1. The lowest BCUT2D eigenvalue weighted by molar-refractivity contribution is 0.275. The summed E-state index contributed by atoms with van der Waals surface area (Å²) in [5.74, 6) is 0. The highest BCUT2D eigenvalue weighted by molar-refractivity contribution is 7.93. The fourth-order valence-electron chi connectivity index (χ4n) is 1.90. The van der Waals surface area contributed by atoms with Crippen LogP contribution in [-0.4, -0.2) is 25.8 Å².